The lowest BCUT2D eigenvalue weighted by Gasteiger charge is -2.27. The standard InChI is InChI=1S/C17H21N3O2S/c1-17(22,13-6-3-2-4-7-13)12-19-15(21)14-8-5-10-20(14)16-18-9-11-23-16/h2-4,6-7,9,11,14,22H,5,8,10,12H2,1H3,(H,19,21)/t14-,17+/m1/s1. The van der Waals surface area contributed by atoms with Gasteiger partial charge >= 0.3 is 0 Å². The van der Waals surface area contributed by atoms with Crippen molar-refractivity contribution in [3.63, 3.8) is 0 Å². The van der Waals surface area contributed by atoms with Crippen molar-refractivity contribution in [2.45, 2.75) is 31.4 Å². The van der Waals surface area contributed by atoms with Gasteiger partial charge in [-0.25, -0.2) is 4.98 Å². The number of benzene rings is 1. The van der Waals surface area contributed by atoms with Gasteiger partial charge in [-0.3, -0.25) is 4.79 Å². The van der Waals surface area contributed by atoms with Crippen molar-refractivity contribution < 1.29 is 9.90 Å². The number of rotatable bonds is 5. The Balaban J connectivity index is 1.63. The second-order valence-corrected chi connectivity index (χ2v) is 6.90. The summed E-state index contributed by atoms with van der Waals surface area (Å²) >= 11 is 1.55. The van der Waals surface area contributed by atoms with Gasteiger partial charge in [0.15, 0.2) is 5.13 Å². The molecular formula is C17H21N3O2S. The molecule has 0 spiro atoms. The molecule has 2 aromatic rings. The molecule has 1 amide bonds. The van der Waals surface area contributed by atoms with Gasteiger partial charge in [-0.15, -0.1) is 11.3 Å². The predicted octanol–water partition coefficient (Wildman–Crippen LogP) is 2.14. The first-order chi connectivity index (χ1) is 11.1. The Bertz CT molecular complexity index is 643. The predicted molar refractivity (Wildman–Crippen MR) is 91.5 cm³/mol. The minimum absolute atomic E-state index is 0.0473. The summed E-state index contributed by atoms with van der Waals surface area (Å²) in [4.78, 5) is 18.9. The molecule has 23 heavy (non-hydrogen) atoms. The molecule has 2 N–H and O–H groups in total. The van der Waals surface area contributed by atoms with Crippen LogP contribution in [0.4, 0.5) is 5.13 Å². The number of aliphatic hydroxyl groups is 1. The maximum absolute atomic E-state index is 12.5. The van der Waals surface area contributed by atoms with Crippen molar-refractivity contribution in [3.8, 4) is 0 Å². The smallest absolute Gasteiger partial charge is 0.242 e. The third-order valence-electron chi connectivity index (χ3n) is 4.22. The van der Waals surface area contributed by atoms with Crippen LogP contribution in [0, 0.1) is 0 Å². The highest BCUT2D eigenvalue weighted by atomic mass is 32.1. The Morgan fingerprint density at radius 1 is 1.48 bits per heavy atom. The number of nitrogens with one attached hydrogen (secondary N) is 1. The van der Waals surface area contributed by atoms with Crippen LogP contribution in [-0.2, 0) is 10.4 Å². The number of hydrogen-bond donors (Lipinski definition) is 2. The molecule has 1 saturated heterocycles. The second-order valence-electron chi connectivity index (χ2n) is 6.02. The zero-order chi connectivity index (χ0) is 16.3. The van der Waals surface area contributed by atoms with Crippen molar-refractivity contribution >= 4 is 22.4 Å². The maximum atomic E-state index is 12.5. The average molecular weight is 331 g/mol. The van der Waals surface area contributed by atoms with Crippen LogP contribution in [0.3, 0.4) is 0 Å². The van der Waals surface area contributed by atoms with E-state index in [2.05, 4.69) is 15.2 Å². The fourth-order valence-corrected chi connectivity index (χ4v) is 3.62. The van der Waals surface area contributed by atoms with Crippen LogP contribution in [0.5, 0.6) is 0 Å². The molecule has 122 valence electrons. The number of carbonyl (C=O) groups excluding carboxylic acids is 1. The summed E-state index contributed by atoms with van der Waals surface area (Å²) in [5.41, 5.74) is -0.287. The normalized spacial score (nSPS) is 20.3. The summed E-state index contributed by atoms with van der Waals surface area (Å²) < 4.78 is 0. The first-order valence-corrected chi connectivity index (χ1v) is 8.68. The molecule has 2 atom stereocenters. The van der Waals surface area contributed by atoms with Crippen molar-refractivity contribution in [1.29, 1.82) is 0 Å². The number of thiazole rings is 1. The lowest BCUT2D eigenvalue weighted by atomic mass is 9.96. The van der Waals surface area contributed by atoms with Gasteiger partial charge in [0, 0.05) is 18.1 Å². The Morgan fingerprint density at radius 2 is 2.26 bits per heavy atom. The molecule has 6 heteroatoms. The van der Waals surface area contributed by atoms with Crippen LogP contribution in [0.25, 0.3) is 0 Å². The van der Waals surface area contributed by atoms with E-state index in [4.69, 9.17) is 0 Å². The molecule has 0 saturated carbocycles. The molecule has 1 aromatic heterocycles. The van der Waals surface area contributed by atoms with E-state index in [1.807, 2.05) is 35.7 Å². The lowest BCUT2D eigenvalue weighted by molar-refractivity contribution is -0.123. The molecule has 5 nitrogen and oxygen atoms in total. The van der Waals surface area contributed by atoms with E-state index in [9.17, 15) is 9.90 Å². The van der Waals surface area contributed by atoms with Gasteiger partial charge in [-0.1, -0.05) is 30.3 Å². The van der Waals surface area contributed by atoms with Crippen LogP contribution < -0.4 is 10.2 Å². The molecule has 1 aliphatic rings. The summed E-state index contributed by atoms with van der Waals surface area (Å²) in [5, 5.41) is 16.3. The SMILES string of the molecule is C[C@](O)(CNC(=O)[C@H]1CCCN1c1nccs1)c1ccccc1. The molecule has 2 heterocycles. The third-order valence-corrected chi connectivity index (χ3v) is 5.03. The van der Waals surface area contributed by atoms with Gasteiger partial charge in [-0.2, -0.15) is 0 Å². The van der Waals surface area contributed by atoms with E-state index < -0.39 is 5.60 Å². The molecule has 1 aliphatic heterocycles. The highest BCUT2D eigenvalue weighted by molar-refractivity contribution is 7.13. The molecule has 0 aliphatic carbocycles. The van der Waals surface area contributed by atoms with Crippen molar-refractivity contribution in [1.82, 2.24) is 10.3 Å². The fraction of sp³-hybridized carbons (Fsp3) is 0.412. The Labute approximate surface area is 140 Å². The number of anilines is 1. The van der Waals surface area contributed by atoms with E-state index in [0.717, 1.165) is 30.1 Å². The van der Waals surface area contributed by atoms with Crippen molar-refractivity contribution in [3.05, 3.63) is 47.5 Å². The number of hydrogen-bond acceptors (Lipinski definition) is 5. The van der Waals surface area contributed by atoms with Gasteiger partial charge in [0.2, 0.25) is 5.91 Å². The second kappa shape index (κ2) is 6.68. The van der Waals surface area contributed by atoms with E-state index in [0.29, 0.717) is 0 Å². The molecule has 3 rings (SSSR count). The minimum Gasteiger partial charge on any atom is -0.384 e. The molecule has 1 aromatic carbocycles. The first-order valence-electron chi connectivity index (χ1n) is 7.80. The van der Waals surface area contributed by atoms with Crippen LogP contribution >= 0.6 is 11.3 Å². The van der Waals surface area contributed by atoms with Crippen LogP contribution in [0.2, 0.25) is 0 Å². The Hall–Kier alpha value is -1.92. The summed E-state index contributed by atoms with van der Waals surface area (Å²) in [6.45, 7) is 2.76. The molecule has 0 unspecified atom stereocenters. The van der Waals surface area contributed by atoms with Crippen molar-refractivity contribution in [2.24, 2.45) is 0 Å². The van der Waals surface area contributed by atoms with Crippen LogP contribution in [0.1, 0.15) is 25.3 Å². The maximum Gasteiger partial charge on any atom is 0.242 e. The van der Waals surface area contributed by atoms with Gasteiger partial charge in [0.1, 0.15) is 11.6 Å². The van der Waals surface area contributed by atoms with Crippen LogP contribution in [0.15, 0.2) is 41.9 Å². The Morgan fingerprint density at radius 3 is 2.96 bits per heavy atom. The van der Waals surface area contributed by atoms with Gasteiger partial charge in [0.25, 0.3) is 0 Å². The van der Waals surface area contributed by atoms with E-state index in [1.54, 1.807) is 24.5 Å². The van der Waals surface area contributed by atoms with E-state index >= 15 is 0 Å². The largest absolute Gasteiger partial charge is 0.384 e. The average Bonchev–Trinajstić information content (AvgIpc) is 3.24. The summed E-state index contributed by atoms with van der Waals surface area (Å²) in [7, 11) is 0. The van der Waals surface area contributed by atoms with Gasteiger partial charge in [0.05, 0.1) is 6.54 Å². The lowest BCUT2D eigenvalue weighted by Crippen LogP contribution is -2.47. The van der Waals surface area contributed by atoms with Gasteiger partial charge in [-0.05, 0) is 25.3 Å². The van der Waals surface area contributed by atoms with E-state index in [-0.39, 0.29) is 18.5 Å². The quantitative estimate of drug-likeness (QED) is 0.881. The summed E-state index contributed by atoms with van der Waals surface area (Å²) in [6, 6.07) is 9.20. The van der Waals surface area contributed by atoms with Crippen LogP contribution in [-0.4, -0.2) is 35.1 Å². The first kappa shape index (κ1) is 16.0. The highest BCUT2D eigenvalue weighted by Crippen LogP contribution is 2.27. The molecule has 0 radical (unpaired) electrons. The van der Waals surface area contributed by atoms with Crippen molar-refractivity contribution in [2.75, 3.05) is 18.0 Å². The Kier molecular flexibility index (Phi) is 4.63. The number of carbonyl (C=O) groups is 1. The van der Waals surface area contributed by atoms with E-state index in [1.165, 1.54) is 0 Å². The van der Waals surface area contributed by atoms with Gasteiger partial charge < -0.3 is 15.3 Å². The summed E-state index contributed by atoms with van der Waals surface area (Å²) in [5.74, 6) is -0.0473. The molecule has 1 fully saturated rings. The highest BCUT2D eigenvalue weighted by Gasteiger charge is 2.33. The zero-order valence-electron chi connectivity index (χ0n) is 13.1. The number of nitrogens with zero attached hydrogens (tertiary/aromatic N) is 2. The topological polar surface area (TPSA) is 65.5 Å². The summed E-state index contributed by atoms with van der Waals surface area (Å²) in [6.07, 6.45) is 3.55. The number of aromatic nitrogens is 1. The third kappa shape index (κ3) is 3.54. The number of amides is 1. The zero-order valence-corrected chi connectivity index (χ0v) is 13.9. The fourth-order valence-electron chi connectivity index (χ4n) is 2.90. The monoisotopic (exact) mass is 331 g/mol. The minimum atomic E-state index is -1.08. The molecular weight excluding hydrogens is 310 g/mol. The molecule has 0 bridgehead atoms.